The molecular weight excluding hydrogens is 272 g/mol. The van der Waals surface area contributed by atoms with E-state index in [0.29, 0.717) is 5.92 Å². The Kier molecular flexibility index (Phi) is 2.67. The Bertz CT molecular complexity index is 734. The number of fused-ring (bicyclic) bond motifs is 4. The van der Waals surface area contributed by atoms with E-state index < -0.39 is 0 Å². The molecule has 2 saturated heterocycles. The van der Waals surface area contributed by atoms with Crippen molar-refractivity contribution in [2.75, 3.05) is 20.2 Å². The molecule has 2 unspecified atom stereocenters. The Morgan fingerprint density at radius 2 is 2.18 bits per heavy atom. The van der Waals surface area contributed by atoms with Crippen LogP contribution in [0.5, 0.6) is 5.75 Å². The fraction of sp³-hybridized carbons (Fsp3) is 0.579. The van der Waals surface area contributed by atoms with Crippen molar-refractivity contribution in [3.05, 3.63) is 29.5 Å². The minimum absolute atomic E-state index is 0.707. The largest absolute Gasteiger partial charge is 0.497 e. The van der Waals surface area contributed by atoms with E-state index in [-0.39, 0.29) is 0 Å². The zero-order valence-corrected chi connectivity index (χ0v) is 13.4. The van der Waals surface area contributed by atoms with Crippen LogP contribution in [0.2, 0.25) is 0 Å². The molecule has 1 aliphatic carbocycles. The van der Waals surface area contributed by atoms with Crippen molar-refractivity contribution in [3.8, 4) is 5.75 Å². The quantitative estimate of drug-likeness (QED) is 0.871. The van der Waals surface area contributed by atoms with Crippen LogP contribution < -0.4 is 4.74 Å². The van der Waals surface area contributed by atoms with E-state index >= 15 is 0 Å². The van der Waals surface area contributed by atoms with Gasteiger partial charge in [0.1, 0.15) is 5.75 Å². The maximum absolute atomic E-state index is 5.44. The molecule has 1 saturated carbocycles. The molecular formula is C19H24N2O. The average molecular weight is 296 g/mol. The first-order valence-electron chi connectivity index (χ1n) is 8.67. The number of aromatic amines is 1. The van der Waals surface area contributed by atoms with Crippen molar-refractivity contribution in [1.29, 1.82) is 0 Å². The highest BCUT2D eigenvalue weighted by molar-refractivity contribution is 5.86. The van der Waals surface area contributed by atoms with Crippen molar-refractivity contribution in [1.82, 2.24) is 9.88 Å². The van der Waals surface area contributed by atoms with Gasteiger partial charge < -0.3 is 9.72 Å². The minimum Gasteiger partial charge on any atom is -0.497 e. The molecule has 1 aromatic heterocycles. The Morgan fingerprint density at radius 3 is 3.00 bits per heavy atom. The predicted molar refractivity (Wildman–Crippen MR) is 88.5 cm³/mol. The van der Waals surface area contributed by atoms with Crippen molar-refractivity contribution >= 4 is 10.9 Å². The topological polar surface area (TPSA) is 28.3 Å². The van der Waals surface area contributed by atoms with E-state index in [9.17, 15) is 0 Å². The number of H-pyrrole nitrogens is 1. The number of ether oxygens (including phenoxy) is 1. The first kappa shape index (κ1) is 13.0. The second kappa shape index (κ2) is 4.51. The monoisotopic (exact) mass is 296 g/mol. The van der Waals surface area contributed by atoms with E-state index in [4.69, 9.17) is 4.74 Å². The number of hydrogen-bond donors (Lipinski definition) is 1. The van der Waals surface area contributed by atoms with Gasteiger partial charge in [-0.3, -0.25) is 4.90 Å². The smallest absolute Gasteiger partial charge is 0.119 e. The second-order valence-electron chi connectivity index (χ2n) is 7.59. The molecule has 3 nitrogen and oxygen atoms in total. The Hall–Kier alpha value is -1.48. The zero-order valence-electron chi connectivity index (χ0n) is 13.4. The summed E-state index contributed by atoms with van der Waals surface area (Å²) in [5.74, 6) is 3.41. The van der Waals surface area contributed by atoms with Gasteiger partial charge in [-0.25, -0.2) is 0 Å². The maximum Gasteiger partial charge on any atom is 0.119 e. The van der Waals surface area contributed by atoms with E-state index in [1.54, 1.807) is 12.7 Å². The molecule has 3 heteroatoms. The number of methoxy groups -OCH3 is 1. The van der Waals surface area contributed by atoms with Crippen LogP contribution in [0.25, 0.3) is 10.9 Å². The number of nitrogens with zero attached hydrogens (tertiary/aromatic N) is 1. The molecule has 0 spiro atoms. The zero-order chi connectivity index (χ0) is 14.8. The van der Waals surface area contributed by atoms with E-state index in [0.717, 1.165) is 23.6 Å². The van der Waals surface area contributed by atoms with E-state index in [1.165, 1.54) is 48.9 Å². The molecule has 3 fully saturated rings. The van der Waals surface area contributed by atoms with Gasteiger partial charge in [-0.2, -0.15) is 0 Å². The predicted octanol–water partition coefficient (Wildman–Crippen LogP) is 3.55. The summed E-state index contributed by atoms with van der Waals surface area (Å²) in [4.78, 5) is 6.57. The van der Waals surface area contributed by atoms with Gasteiger partial charge in [0.05, 0.1) is 7.11 Å². The first-order chi connectivity index (χ1) is 10.7. The molecule has 0 radical (unpaired) electrons. The van der Waals surface area contributed by atoms with E-state index in [1.807, 2.05) is 0 Å². The minimum atomic E-state index is 0.707. The number of rotatable bonds is 1. The summed E-state index contributed by atoms with van der Waals surface area (Å²) in [5, 5.41) is 1.38. The fourth-order valence-corrected chi connectivity index (χ4v) is 5.62. The van der Waals surface area contributed by atoms with Crippen LogP contribution in [0.1, 0.15) is 36.9 Å². The van der Waals surface area contributed by atoms with Crippen molar-refractivity contribution < 1.29 is 4.74 Å². The highest BCUT2D eigenvalue weighted by Crippen LogP contribution is 2.50. The summed E-state index contributed by atoms with van der Waals surface area (Å²) < 4.78 is 5.44. The molecule has 22 heavy (non-hydrogen) atoms. The molecule has 5 atom stereocenters. The van der Waals surface area contributed by atoms with Crippen molar-refractivity contribution in [2.24, 2.45) is 11.8 Å². The van der Waals surface area contributed by atoms with Gasteiger partial charge in [-0.15, -0.1) is 0 Å². The summed E-state index contributed by atoms with van der Waals surface area (Å²) in [6.07, 6.45) is 3.98. The lowest BCUT2D eigenvalue weighted by Gasteiger charge is -2.52. The molecule has 6 rings (SSSR count). The Balaban J connectivity index is 1.69. The fourth-order valence-electron chi connectivity index (χ4n) is 5.62. The molecule has 116 valence electrons. The van der Waals surface area contributed by atoms with Crippen LogP contribution >= 0.6 is 0 Å². The summed E-state index contributed by atoms with van der Waals surface area (Å²) >= 11 is 0. The summed E-state index contributed by atoms with van der Waals surface area (Å²) in [6, 6.07) is 7.23. The van der Waals surface area contributed by atoms with Crippen LogP contribution in [0.3, 0.4) is 0 Å². The van der Waals surface area contributed by atoms with E-state index in [2.05, 4.69) is 35.0 Å². The third-order valence-electron chi connectivity index (χ3n) is 6.37. The number of nitrogens with one attached hydrogen (secondary N) is 1. The Labute approximate surface area is 131 Å². The molecule has 4 aliphatic rings. The van der Waals surface area contributed by atoms with Crippen LogP contribution in [0, 0.1) is 11.8 Å². The first-order valence-corrected chi connectivity index (χ1v) is 8.67. The molecule has 0 amide bonds. The van der Waals surface area contributed by atoms with Crippen LogP contribution in [-0.2, 0) is 6.42 Å². The standard InChI is InChI=1S/C19H24N2O/c1-11-7-12-8-16-18-14(5-6-21(10-12)19(11)16)15-9-13(22-2)3-4-17(15)20-18/h3-4,9,11-12,16,19-20H,5-8,10H2,1-2H3/t11-,12-,16+,19?/m0/s1. The molecule has 3 aliphatic heterocycles. The average Bonchev–Trinajstić information content (AvgIpc) is 2.84. The van der Waals surface area contributed by atoms with Gasteiger partial charge in [0.15, 0.2) is 0 Å². The van der Waals surface area contributed by atoms with Crippen LogP contribution in [-0.4, -0.2) is 36.1 Å². The molecule has 4 heterocycles. The number of aromatic nitrogens is 1. The second-order valence-corrected chi connectivity index (χ2v) is 7.59. The Morgan fingerprint density at radius 1 is 1.27 bits per heavy atom. The van der Waals surface area contributed by atoms with Crippen molar-refractivity contribution in [2.45, 2.75) is 38.1 Å². The third kappa shape index (κ3) is 1.66. The van der Waals surface area contributed by atoms with Gasteiger partial charge in [-0.1, -0.05) is 6.92 Å². The summed E-state index contributed by atoms with van der Waals surface area (Å²) in [6.45, 7) is 5.02. The number of benzene rings is 1. The molecule has 2 aromatic rings. The molecule has 1 aromatic carbocycles. The van der Waals surface area contributed by atoms with Gasteiger partial charge in [0.2, 0.25) is 0 Å². The third-order valence-corrected chi connectivity index (χ3v) is 6.37. The summed E-state index contributed by atoms with van der Waals surface area (Å²) in [5.41, 5.74) is 4.38. The molecule has 1 N–H and O–H groups in total. The van der Waals surface area contributed by atoms with Gasteiger partial charge >= 0.3 is 0 Å². The molecule has 4 bridgehead atoms. The van der Waals surface area contributed by atoms with Gasteiger partial charge in [0, 0.05) is 41.6 Å². The highest BCUT2D eigenvalue weighted by Gasteiger charge is 2.47. The normalized spacial score (nSPS) is 36.2. The summed E-state index contributed by atoms with van der Waals surface area (Å²) in [7, 11) is 1.76. The van der Waals surface area contributed by atoms with Crippen LogP contribution in [0.15, 0.2) is 18.2 Å². The van der Waals surface area contributed by atoms with Gasteiger partial charge in [0.25, 0.3) is 0 Å². The van der Waals surface area contributed by atoms with Crippen molar-refractivity contribution in [3.63, 3.8) is 0 Å². The lowest BCUT2D eigenvalue weighted by molar-refractivity contribution is -0.00516. The van der Waals surface area contributed by atoms with Crippen LogP contribution in [0.4, 0.5) is 0 Å². The SMILES string of the molecule is COc1ccc2[nH]c3c(c2c1)CCN1C[C@@H]2C[C@H]3C1[C@@H](C)C2. The number of piperidine rings is 2. The maximum atomic E-state index is 5.44. The lowest BCUT2D eigenvalue weighted by atomic mass is 9.67. The highest BCUT2D eigenvalue weighted by atomic mass is 16.5. The number of hydrogen-bond acceptors (Lipinski definition) is 2. The lowest BCUT2D eigenvalue weighted by Crippen LogP contribution is -2.55. The van der Waals surface area contributed by atoms with Gasteiger partial charge in [-0.05, 0) is 54.9 Å².